The van der Waals surface area contributed by atoms with Crippen molar-refractivity contribution in [1.29, 1.82) is 0 Å². The number of carbonyl (C=O) groups is 1. The third kappa shape index (κ3) is 3.16. The molecule has 1 unspecified atom stereocenters. The van der Waals surface area contributed by atoms with Gasteiger partial charge < -0.3 is 5.11 Å². The monoisotopic (exact) mass is 226 g/mol. The third-order valence-corrected chi connectivity index (χ3v) is 3.93. The Bertz CT molecular complexity index is 387. The molecule has 0 fully saturated rings. The number of aryl methyl sites for hydroxylation is 1. The highest BCUT2D eigenvalue weighted by molar-refractivity contribution is 7.85. The Balaban J connectivity index is 2.85. The summed E-state index contributed by atoms with van der Waals surface area (Å²) < 4.78 is 11.9. The number of carboxylic acid groups (broad SMARTS) is 1. The van der Waals surface area contributed by atoms with Gasteiger partial charge in [0.05, 0.1) is 17.2 Å². The molecule has 1 aromatic carbocycles. The summed E-state index contributed by atoms with van der Waals surface area (Å²) in [5, 5.41) is 8.26. The van der Waals surface area contributed by atoms with Gasteiger partial charge >= 0.3 is 5.97 Å². The predicted octanol–water partition coefficient (Wildman–Crippen LogP) is 1.97. The van der Waals surface area contributed by atoms with Crippen LogP contribution >= 0.6 is 0 Å². The van der Waals surface area contributed by atoms with Gasteiger partial charge in [-0.2, -0.15) is 0 Å². The van der Waals surface area contributed by atoms with Crippen molar-refractivity contribution in [2.75, 3.05) is 0 Å². The molecule has 1 N–H and O–H groups in total. The van der Waals surface area contributed by atoms with E-state index in [1.165, 1.54) is 0 Å². The highest BCUT2D eigenvalue weighted by Gasteiger charge is 2.17. The fourth-order valence-corrected chi connectivity index (χ4v) is 2.65. The second-order valence-corrected chi connectivity index (χ2v) is 5.31. The van der Waals surface area contributed by atoms with E-state index in [-0.39, 0.29) is 11.7 Å². The molecule has 15 heavy (non-hydrogen) atoms. The Labute approximate surface area is 91.6 Å². The van der Waals surface area contributed by atoms with Crippen LogP contribution in [-0.2, 0) is 15.6 Å². The maximum atomic E-state index is 11.9. The topological polar surface area (TPSA) is 54.4 Å². The van der Waals surface area contributed by atoms with E-state index in [1.807, 2.05) is 25.1 Å². The number of aliphatic carboxylic acids is 1. The second-order valence-electron chi connectivity index (χ2n) is 3.47. The standard InChI is InChI=1S/C11H14O3S/c1-8-5-3-4-6-10(8)15(14)9(2)7-11(12)13/h3-6,9H,7H2,1-2H3,(H,12,13)/t9-,15?/m1/s1. The van der Waals surface area contributed by atoms with E-state index in [0.717, 1.165) is 10.5 Å². The Morgan fingerprint density at radius 1 is 1.47 bits per heavy atom. The van der Waals surface area contributed by atoms with Crippen molar-refractivity contribution < 1.29 is 14.1 Å². The summed E-state index contributed by atoms with van der Waals surface area (Å²) in [6, 6.07) is 7.34. The average molecular weight is 226 g/mol. The number of carboxylic acids is 1. The number of rotatable bonds is 4. The molecular weight excluding hydrogens is 212 g/mol. The van der Waals surface area contributed by atoms with Gasteiger partial charge in [-0.25, -0.2) is 0 Å². The summed E-state index contributed by atoms with van der Waals surface area (Å²) in [5.41, 5.74) is 0.938. The first kappa shape index (κ1) is 11.9. The van der Waals surface area contributed by atoms with Crippen LogP contribution in [0.5, 0.6) is 0 Å². The lowest BCUT2D eigenvalue weighted by atomic mass is 10.2. The first-order valence-electron chi connectivity index (χ1n) is 4.70. The Hall–Kier alpha value is -1.16. The normalized spacial score (nSPS) is 14.5. The molecule has 0 aliphatic heterocycles. The van der Waals surface area contributed by atoms with Gasteiger partial charge in [0.1, 0.15) is 0 Å². The summed E-state index contributed by atoms with van der Waals surface area (Å²) in [6.07, 6.45) is -0.0685. The van der Waals surface area contributed by atoms with Crippen molar-refractivity contribution in [3.05, 3.63) is 29.8 Å². The average Bonchev–Trinajstić information content (AvgIpc) is 2.16. The maximum absolute atomic E-state index is 11.9. The molecule has 0 heterocycles. The van der Waals surface area contributed by atoms with Gasteiger partial charge in [-0.15, -0.1) is 0 Å². The Morgan fingerprint density at radius 2 is 2.07 bits per heavy atom. The molecule has 3 nitrogen and oxygen atoms in total. The molecule has 0 radical (unpaired) electrons. The second kappa shape index (κ2) is 5.07. The lowest BCUT2D eigenvalue weighted by molar-refractivity contribution is -0.136. The minimum absolute atomic E-state index is 0.0685. The van der Waals surface area contributed by atoms with E-state index in [4.69, 9.17) is 5.11 Å². The predicted molar refractivity (Wildman–Crippen MR) is 59.3 cm³/mol. The van der Waals surface area contributed by atoms with Gasteiger partial charge in [0, 0.05) is 10.1 Å². The minimum atomic E-state index is -1.24. The van der Waals surface area contributed by atoms with Crippen LogP contribution in [0.2, 0.25) is 0 Å². The Kier molecular flexibility index (Phi) is 4.03. The zero-order chi connectivity index (χ0) is 11.4. The molecule has 1 rings (SSSR count). The van der Waals surface area contributed by atoms with Gasteiger partial charge in [-0.1, -0.05) is 18.2 Å². The molecule has 0 amide bonds. The SMILES string of the molecule is Cc1ccccc1S(=O)[C@H](C)CC(=O)O. The summed E-state index contributed by atoms with van der Waals surface area (Å²) in [7, 11) is -1.24. The summed E-state index contributed by atoms with van der Waals surface area (Å²) >= 11 is 0. The van der Waals surface area contributed by atoms with E-state index < -0.39 is 16.8 Å². The molecule has 0 aliphatic rings. The van der Waals surface area contributed by atoms with Crippen LogP contribution in [0.1, 0.15) is 18.9 Å². The van der Waals surface area contributed by atoms with Crippen LogP contribution < -0.4 is 0 Å². The lowest BCUT2D eigenvalue weighted by Gasteiger charge is -2.10. The lowest BCUT2D eigenvalue weighted by Crippen LogP contribution is -2.16. The third-order valence-electron chi connectivity index (χ3n) is 2.14. The van der Waals surface area contributed by atoms with Crippen molar-refractivity contribution in [2.45, 2.75) is 30.4 Å². The molecular formula is C11H14O3S. The highest BCUT2D eigenvalue weighted by Crippen LogP contribution is 2.17. The molecule has 2 atom stereocenters. The maximum Gasteiger partial charge on any atom is 0.304 e. The molecule has 0 spiro atoms. The van der Waals surface area contributed by atoms with Crippen molar-refractivity contribution in [1.82, 2.24) is 0 Å². The quantitative estimate of drug-likeness (QED) is 0.854. The zero-order valence-electron chi connectivity index (χ0n) is 8.77. The van der Waals surface area contributed by atoms with Crippen molar-refractivity contribution in [3.63, 3.8) is 0 Å². The summed E-state index contributed by atoms with van der Waals surface area (Å²) in [6.45, 7) is 3.57. The molecule has 82 valence electrons. The summed E-state index contributed by atoms with van der Waals surface area (Å²) in [4.78, 5) is 11.2. The molecule has 4 heteroatoms. The number of benzene rings is 1. The van der Waals surface area contributed by atoms with Gasteiger partial charge in [0.25, 0.3) is 0 Å². The summed E-state index contributed by atoms with van der Waals surface area (Å²) in [5.74, 6) is -0.913. The van der Waals surface area contributed by atoms with Gasteiger partial charge in [0.15, 0.2) is 0 Å². The van der Waals surface area contributed by atoms with Crippen LogP contribution in [0.4, 0.5) is 0 Å². The number of hydrogen-bond acceptors (Lipinski definition) is 2. The van der Waals surface area contributed by atoms with Crippen molar-refractivity contribution in [3.8, 4) is 0 Å². The fourth-order valence-electron chi connectivity index (χ4n) is 1.32. The van der Waals surface area contributed by atoms with Gasteiger partial charge in [-0.05, 0) is 25.5 Å². The Morgan fingerprint density at radius 3 is 2.60 bits per heavy atom. The van der Waals surface area contributed by atoms with Crippen LogP contribution in [0.3, 0.4) is 0 Å². The molecule has 0 bridgehead atoms. The smallest absolute Gasteiger partial charge is 0.304 e. The number of hydrogen-bond donors (Lipinski definition) is 1. The molecule has 0 saturated heterocycles. The fraction of sp³-hybridized carbons (Fsp3) is 0.364. The van der Waals surface area contributed by atoms with E-state index in [0.29, 0.717) is 0 Å². The highest BCUT2D eigenvalue weighted by atomic mass is 32.2. The molecule has 0 aromatic heterocycles. The van der Waals surface area contributed by atoms with E-state index in [1.54, 1.807) is 13.0 Å². The van der Waals surface area contributed by atoms with Gasteiger partial charge in [-0.3, -0.25) is 9.00 Å². The van der Waals surface area contributed by atoms with Crippen LogP contribution in [0, 0.1) is 6.92 Å². The van der Waals surface area contributed by atoms with E-state index in [9.17, 15) is 9.00 Å². The molecule has 1 aromatic rings. The van der Waals surface area contributed by atoms with Gasteiger partial charge in [0.2, 0.25) is 0 Å². The van der Waals surface area contributed by atoms with Crippen molar-refractivity contribution in [2.24, 2.45) is 0 Å². The van der Waals surface area contributed by atoms with Crippen LogP contribution in [-0.4, -0.2) is 20.5 Å². The molecule has 0 saturated carbocycles. The zero-order valence-corrected chi connectivity index (χ0v) is 9.58. The van der Waals surface area contributed by atoms with E-state index >= 15 is 0 Å². The molecule has 0 aliphatic carbocycles. The van der Waals surface area contributed by atoms with E-state index in [2.05, 4.69) is 0 Å². The van der Waals surface area contributed by atoms with Crippen LogP contribution in [0.25, 0.3) is 0 Å². The first-order chi connectivity index (χ1) is 7.02. The minimum Gasteiger partial charge on any atom is -0.481 e. The van der Waals surface area contributed by atoms with Crippen LogP contribution in [0.15, 0.2) is 29.2 Å². The van der Waals surface area contributed by atoms with Crippen molar-refractivity contribution >= 4 is 16.8 Å². The largest absolute Gasteiger partial charge is 0.481 e. The first-order valence-corrected chi connectivity index (χ1v) is 5.91.